The highest BCUT2D eigenvalue weighted by atomic mass is 16.7. The fourth-order valence-electron chi connectivity index (χ4n) is 0.601. The number of methoxy groups -OCH3 is 1. The van der Waals surface area contributed by atoms with Crippen molar-refractivity contribution >= 4 is 0 Å². The largest absolute Gasteiger partial charge is 0.394 e. The zero-order chi connectivity index (χ0) is 9.23. The molecule has 0 aromatic rings. The van der Waals surface area contributed by atoms with Gasteiger partial charge in [0, 0.05) is 7.11 Å². The molecule has 0 heterocycles. The molecule has 0 saturated carbocycles. The maximum atomic E-state index is 8.68. The summed E-state index contributed by atoms with van der Waals surface area (Å²) in [4.78, 5) is 0. The number of hydrogen-bond donors (Lipinski definition) is 2. The lowest BCUT2D eigenvalue weighted by Crippen LogP contribution is -2.24. The summed E-state index contributed by atoms with van der Waals surface area (Å²) in [6.07, 6.45) is -0.660. The average Bonchev–Trinajstić information content (AvgIpc) is 2.11. The molecule has 0 aliphatic heterocycles. The van der Waals surface area contributed by atoms with Gasteiger partial charge >= 0.3 is 0 Å². The lowest BCUT2D eigenvalue weighted by Gasteiger charge is -2.14. The van der Waals surface area contributed by atoms with Crippen molar-refractivity contribution in [3.8, 4) is 0 Å². The Balaban J connectivity index is 3.26. The van der Waals surface area contributed by atoms with Crippen LogP contribution < -0.4 is 0 Å². The first-order valence-electron chi connectivity index (χ1n) is 3.79. The van der Waals surface area contributed by atoms with E-state index in [0.717, 1.165) is 0 Å². The summed E-state index contributed by atoms with van der Waals surface area (Å²) in [5, 5.41) is 17.1. The summed E-state index contributed by atoms with van der Waals surface area (Å²) >= 11 is 0. The van der Waals surface area contributed by atoms with Crippen molar-refractivity contribution in [1.82, 2.24) is 0 Å². The van der Waals surface area contributed by atoms with Gasteiger partial charge in [0.05, 0.1) is 33.0 Å². The van der Waals surface area contributed by atoms with E-state index in [0.29, 0.717) is 13.2 Å². The first-order chi connectivity index (χ1) is 5.85. The van der Waals surface area contributed by atoms with Crippen molar-refractivity contribution in [3.63, 3.8) is 0 Å². The summed E-state index contributed by atoms with van der Waals surface area (Å²) in [5.74, 6) is 0. The van der Waals surface area contributed by atoms with Gasteiger partial charge in [-0.2, -0.15) is 0 Å². The molecular formula is C7H16O5. The van der Waals surface area contributed by atoms with E-state index < -0.39 is 6.29 Å². The highest BCUT2D eigenvalue weighted by Crippen LogP contribution is 1.92. The summed E-state index contributed by atoms with van der Waals surface area (Å²) in [6.45, 7) is 0.693. The lowest BCUT2D eigenvalue weighted by atomic mass is 10.6. The first kappa shape index (κ1) is 11.8. The predicted octanol–water partition coefficient (Wildman–Crippen LogP) is -1.02. The van der Waals surface area contributed by atoms with Gasteiger partial charge in [-0.1, -0.05) is 0 Å². The number of aliphatic hydroxyl groups excluding tert-OH is 2. The molecule has 5 nitrogen and oxygen atoms in total. The normalized spacial score (nSPS) is 13.2. The molecule has 0 fully saturated rings. The quantitative estimate of drug-likeness (QED) is 0.369. The monoisotopic (exact) mass is 180 g/mol. The smallest absolute Gasteiger partial charge is 0.180 e. The van der Waals surface area contributed by atoms with E-state index in [9.17, 15) is 0 Å². The standard InChI is InChI=1S/C7H16O5/c1-10-4-5-12-7(6-9)11-3-2-8/h7-9H,2-6H2,1H3. The summed E-state index contributed by atoms with van der Waals surface area (Å²) in [5.41, 5.74) is 0. The highest BCUT2D eigenvalue weighted by Gasteiger charge is 2.05. The van der Waals surface area contributed by atoms with Crippen LogP contribution in [0.3, 0.4) is 0 Å². The molecule has 74 valence electrons. The second-order valence-electron chi connectivity index (χ2n) is 2.07. The van der Waals surface area contributed by atoms with Crippen molar-refractivity contribution in [2.75, 3.05) is 40.1 Å². The van der Waals surface area contributed by atoms with Gasteiger partial charge in [0.25, 0.3) is 0 Å². The minimum absolute atomic E-state index is 0.0792. The van der Waals surface area contributed by atoms with E-state index >= 15 is 0 Å². The lowest BCUT2D eigenvalue weighted by molar-refractivity contribution is -0.171. The molecule has 0 radical (unpaired) electrons. The zero-order valence-electron chi connectivity index (χ0n) is 7.23. The zero-order valence-corrected chi connectivity index (χ0v) is 7.23. The van der Waals surface area contributed by atoms with Crippen LogP contribution in [0.5, 0.6) is 0 Å². The van der Waals surface area contributed by atoms with Gasteiger partial charge < -0.3 is 24.4 Å². The Labute approximate surface area is 71.9 Å². The van der Waals surface area contributed by atoms with E-state index in [1.807, 2.05) is 0 Å². The van der Waals surface area contributed by atoms with Gasteiger partial charge in [-0.15, -0.1) is 0 Å². The van der Waals surface area contributed by atoms with Gasteiger partial charge in [-0.3, -0.25) is 0 Å². The molecular weight excluding hydrogens is 164 g/mol. The van der Waals surface area contributed by atoms with Crippen LogP contribution in [0.1, 0.15) is 0 Å². The minimum atomic E-state index is -0.660. The highest BCUT2D eigenvalue weighted by molar-refractivity contribution is 4.40. The minimum Gasteiger partial charge on any atom is -0.394 e. The van der Waals surface area contributed by atoms with Crippen LogP contribution in [0.15, 0.2) is 0 Å². The van der Waals surface area contributed by atoms with Gasteiger partial charge in [-0.25, -0.2) is 0 Å². The molecule has 0 bridgehead atoms. The first-order valence-corrected chi connectivity index (χ1v) is 3.79. The number of ether oxygens (including phenoxy) is 3. The molecule has 1 unspecified atom stereocenters. The Hall–Kier alpha value is -0.200. The van der Waals surface area contributed by atoms with Crippen LogP contribution in [-0.2, 0) is 14.2 Å². The van der Waals surface area contributed by atoms with Gasteiger partial charge in [-0.05, 0) is 0 Å². The van der Waals surface area contributed by atoms with Crippen molar-refractivity contribution < 1.29 is 24.4 Å². The van der Waals surface area contributed by atoms with Crippen molar-refractivity contribution in [2.45, 2.75) is 6.29 Å². The van der Waals surface area contributed by atoms with E-state index in [1.165, 1.54) is 0 Å². The fraction of sp³-hybridized carbons (Fsp3) is 1.00. The van der Waals surface area contributed by atoms with Crippen LogP contribution in [-0.4, -0.2) is 56.6 Å². The number of aliphatic hydroxyl groups is 2. The molecule has 0 aliphatic carbocycles. The third-order valence-corrected chi connectivity index (χ3v) is 1.14. The fourth-order valence-corrected chi connectivity index (χ4v) is 0.601. The molecule has 0 amide bonds. The Kier molecular flexibility index (Phi) is 8.74. The van der Waals surface area contributed by atoms with Gasteiger partial charge in [0.15, 0.2) is 6.29 Å². The van der Waals surface area contributed by atoms with Gasteiger partial charge in [0.1, 0.15) is 0 Å². The molecule has 0 spiro atoms. The SMILES string of the molecule is COCCOC(CO)OCCO. The average molecular weight is 180 g/mol. The molecule has 12 heavy (non-hydrogen) atoms. The predicted molar refractivity (Wildman–Crippen MR) is 41.7 cm³/mol. The van der Waals surface area contributed by atoms with Crippen LogP contribution in [0.25, 0.3) is 0 Å². The Morgan fingerprint density at radius 1 is 1.08 bits per heavy atom. The molecule has 0 rings (SSSR count). The summed E-state index contributed by atoms with van der Waals surface area (Å²) in [6, 6.07) is 0. The van der Waals surface area contributed by atoms with Crippen LogP contribution >= 0.6 is 0 Å². The molecule has 0 aliphatic rings. The molecule has 1 atom stereocenters. The van der Waals surface area contributed by atoms with Crippen molar-refractivity contribution in [1.29, 1.82) is 0 Å². The van der Waals surface area contributed by atoms with Crippen molar-refractivity contribution in [3.05, 3.63) is 0 Å². The second kappa shape index (κ2) is 8.89. The van der Waals surface area contributed by atoms with E-state index in [1.54, 1.807) is 7.11 Å². The molecule has 5 heteroatoms. The Bertz CT molecular complexity index is 87.9. The molecule has 0 aromatic carbocycles. The second-order valence-corrected chi connectivity index (χ2v) is 2.07. The van der Waals surface area contributed by atoms with Crippen LogP contribution in [0.4, 0.5) is 0 Å². The molecule has 0 saturated heterocycles. The van der Waals surface area contributed by atoms with Gasteiger partial charge in [0.2, 0.25) is 0 Å². The summed E-state index contributed by atoms with van der Waals surface area (Å²) in [7, 11) is 1.56. The van der Waals surface area contributed by atoms with E-state index in [2.05, 4.69) is 0 Å². The Morgan fingerprint density at radius 3 is 2.25 bits per heavy atom. The number of rotatable bonds is 8. The van der Waals surface area contributed by atoms with Crippen LogP contribution in [0, 0.1) is 0 Å². The molecule has 2 N–H and O–H groups in total. The third kappa shape index (κ3) is 6.51. The molecule has 0 aromatic heterocycles. The third-order valence-electron chi connectivity index (χ3n) is 1.14. The topological polar surface area (TPSA) is 68.2 Å². The van der Waals surface area contributed by atoms with E-state index in [4.69, 9.17) is 24.4 Å². The van der Waals surface area contributed by atoms with Crippen LogP contribution in [0.2, 0.25) is 0 Å². The maximum Gasteiger partial charge on any atom is 0.180 e. The maximum absolute atomic E-state index is 8.68. The van der Waals surface area contributed by atoms with E-state index in [-0.39, 0.29) is 19.8 Å². The van der Waals surface area contributed by atoms with Crippen molar-refractivity contribution in [2.24, 2.45) is 0 Å². The Morgan fingerprint density at radius 2 is 1.75 bits per heavy atom. The summed E-state index contributed by atoms with van der Waals surface area (Å²) < 4.78 is 14.7. The number of hydrogen-bond acceptors (Lipinski definition) is 5.